The van der Waals surface area contributed by atoms with Crippen LogP contribution in [0.4, 0.5) is 13.2 Å². The first-order valence-corrected chi connectivity index (χ1v) is 9.21. The molecular weight excluding hydrogens is 405 g/mol. The SMILES string of the molecule is Cc1nc(-c2ccc(Cl)cc2)n(Cc2cccc(C(F)(F)F)c2)c(=O)c1CCO. The van der Waals surface area contributed by atoms with Gasteiger partial charge in [-0.2, -0.15) is 13.2 Å². The summed E-state index contributed by atoms with van der Waals surface area (Å²) in [5.41, 5.74) is 0.544. The summed E-state index contributed by atoms with van der Waals surface area (Å²) in [4.78, 5) is 17.6. The summed E-state index contributed by atoms with van der Waals surface area (Å²) in [6.45, 7) is 1.34. The summed E-state index contributed by atoms with van der Waals surface area (Å²) in [5, 5.41) is 9.78. The molecule has 3 rings (SSSR count). The number of aromatic nitrogens is 2. The van der Waals surface area contributed by atoms with Gasteiger partial charge in [0, 0.05) is 34.9 Å². The molecule has 8 heteroatoms. The standard InChI is InChI=1S/C21H18ClF3N2O2/c1-13-18(9-10-28)20(29)27(19(26-13)15-5-7-17(22)8-6-15)12-14-3-2-4-16(11-14)21(23,24)25/h2-8,11,28H,9-10,12H2,1H3. The Morgan fingerprint density at radius 3 is 2.45 bits per heavy atom. The molecule has 0 unspecified atom stereocenters. The molecule has 0 bridgehead atoms. The van der Waals surface area contributed by atoms with Crippen LogP contribution in [0, 0.1) is 6.92 Å². The molecule has 2 aromatic carbocycles. The van der Waals surface area contributed by atoms with Gasteiger partial charge in [-0.05, 0) is 48.9 Å². The summed E-state index contributed by atoms with van der Waals surface area (Å²) >= 11 is 5.93. The molecule has 29 heavy (non-hydrogen) atoms. The summed E-state index contributed by atoms with van der Waals surface area (Å²) in [5.74, 6) is 0.322. The van der Waals surface area contributed by atoms with E-state index in [9.17, 15) is 23.1 Å². The van der Waals surface area contributed by atoms with E-state index in [-0.39, 0.29) is 19.6 Å². The highest BCUT2D eigenvalue weighted by Gasteiger charge is 2.30. The van der Waals surface area contributed by atoms with Gasteiger partial charge in [0.2, 0.25) is 0 Å². The molecule has 0 radical (unpaired) electrons. The maximum Gasteiger partial charge on any atom is 0.416 e. The van der Waals surface area contributed by atoms with Crippen LogP contribution in [0.3, 0.4) is 0 Å². The quantitative estimate of drug-likeness (QED) is 0.660. The molecule has 0 saturated carbocycles. The van der Waals surface area contributed by atoms with E-state index in [2.05, 4.69) is 4.98 Å². The first-order chi connectivity index (χ1) is 13.7. The Hall–Kier alpha value is -2.64. The molecule has 1 aromatic heterocycles. The predicted molar refractivity (Wildman–Crippen MR) is 105 cm³/mol. The van der Waals surface area contributed by atoms with E-state index in [0.29, 0.717) is 33.2 Å². The lowest BCUT2D eigenvalue weighted by atomic mass is 10.1. The normalized spacial score (nSPS) is 11.7. The van der Waals surface area contributed by atoms with Gasteiger partial charge in [0.1, 0.15) is 5.82 Å². The van der Waals surface area contributed by atoms with E-state index in [1.54, 1.807) is 31.2 Å². The van der Waals surface area contributed by atoms with E-state index in [1.165, 1.54) is 16.7 Å². The number of aryl methyl sites for hydroxylation is 1. The van der Waals surface area contributed by atoms with E-state index in [0.717, 1.165) is 12.1 Å². The first-order valence-electron chi connectivity index (χ1n) is 8.84. The first kappa shape index (κ1) is 21.1. The van der Waals surface area contributed by atoms with E-state index >= 15 is 0 Å². The number of aliphatic hydroxyl groups is 1. The van der Waals surface area contributed by atoms with Crippen molar-refractivity contribution in [2.24, 2.45) is 0 Å². The molecule has 1 heterocycles. The van der Waals surface area contributed by atoms with Gasteiger partial charge in [-0.25, -0.2) is 4.98 Å². The van der Waals surface area contributed by atoms with Gasteiger partial charge in [0.15, 0.2) is 0 Å². The van der Waals surface area contributed by atoms with E-state index < -0.39 is 17.3 Å². The second kappa shape index (κ2) is 8.39. The number of nitrogens with zero attached hydrogens (tertiary/aromatic N) is 2. The molecule has 1 N–H and O–H groups in total. The van der Waals surface area contributed by atoms with Crippen LogP contribution in [0.2, 0.25) is 5.02 Å². The van der Waals surface area contributed by atoms with Crippen LogP contribution in [0.25, 0.3) is 11.4 Å². The average molecular weight is 423 g/mol. The van der Waals surface area contributed by atoms with Crippen molar-refractivity contribution in [1.82, 2.24) is 9.55 Å². The maximum atomic E-state index is 13.1. The van der Waals surface area contributed by atoms with E-state index in [4.69, 9.17) is 11.6 Å². The molecule has 0 atom stereocenters. The lowest BCUT2D eigenvalue weighted by molar-refractivity contribution is -0.137. The predicted octanol–water partition coefficient (Wildman–Crippen LogP) is 4.47. The van der Waals surface area contributed by atoms with Crippen LogP contribution in [-0.2, 0) is 19.1 Å². The Morgan fingerprint density at radius 2 is 1.83 bits per heavy atom. The second-order valence-corrected chi connectivity index (χ2v) is 7.01. The van der Waals surface area contributed by atoms with Crippen LogP contribution < -0.4 is 5.56 Å². The van der Waals surface area contributed by atoms with Gasteiger partial charge in [-0.15, -0.1) is 0 Å². The molecule has 4 nitrogen and oxygen atoms in total. The lowest BCUT2D eigenvalue weighted by Crippen LogP contribution is -2.29. The Labute approximate surface area is 170 Å². The molecule has 0 amide bonds. The number of rotatable bonds is 5. The zero-order chi connectivity index (χ0) is 21.2. The fourth-order valence-electron chi connectivity index (χ4n) is 3.09. The minimum Gasteiger partial charge on any atom is -0.396 e. The second-order valence-electron chi connectivity index (χ2n) is 6.57. The fraction of sp³-hybridized carbons (Fsp3) is 0.238. The van der Waals surface area contributed by atoms with Crippen LogP contribution in [0.5, 0.6) is 0 Å². The number of alkyl halides is 3. The summed E-state index contributed by atoms with van der Waals surface area (Å²) < 4.78 is 40.5. The van der Waals surface area contributed by atoms with Crippen molar-refractivity contribution in [2.45, 2.75) is 26.1 Å². The smallest absolute Gasteiger partial charge is 0.396 e. The Morgan fingerprint density at radius 1 is 1.14 bits per heavy atom. The lowest BCUT2D eigenvalue weighted by Gasteiger charge is -2.17. The zero-order valence-corrected chi connectivity index (χ0v) is 16.3. The van der Waals surface area contributed by atoms with Gasteiger partial charge in [0.05, 0.1) is 12.1 Å². The zero-order valence-electron chi connectivity index (χ0n) is 15.5. The van der Waals surface area contributed by atoms with Gasteiger partial charge < -0.3 is 5.11 Å². The summed E-state index contributed by atoms with van der Waals surface area (Å²) in [6.07, 6.45) is -4.37. The van der Waals surface area contributed by atoms with Crippen molar-refractivity contribution in [3.05, 3.63) is 86.3 Å². The third-order valence-electron chi connectivity index (χ3n) is 4.53. The van der Waals surface area contributed by atoms with Crippen molar-refractivity contribution < 1.29 is 18.3 Å². The topological polar surface area (TPSA) is 55.1 Å². The van der Waals surface area contributed by atoms with Crippen molar-refractivity contribution in [3.8, 4) is 11.4 Å². The third-order valence-corrected chi connectivity index (χ3v) is 4.78. The third kappa shape index (κ3) is 4.68. The molecule has 0 aliphatic heterocycles. The number of benzene rings is 2. The van der Waals surface area contributed by atoms with Gasteiger partial charge >= 0.3 is 6.18 Å². The summed E-state index contributed by atoms with van der Waals surface area (Å²) in [7, 11) is 0. The van der Waals surface area contributed by atoms with Gasteiger partial charge in [-0.3, -0.25) is 9.36 Å². The van der Waals surface area contributed by atoms with Gasteiger partial charge in [0.25, 0.3) is 5.56 Å². The van der Waals surface area contributed by atoms with Crippen LogP contribution in [0.1, 0.15) is 22.4 Å². The number of hydrogen-bond acceptors (Lipinski definition) is 3. The van der Waals surface area contributed by atoms with Crippen molar-refractivity contribution >= 4 is 11.6 Å². The highest BCUT2D eigenvalue weighted by molar-refractivity contribution is 6.30. The van der Waals surface area contributed by atoms with E-state index in [1.807, 2.05) is 0 Å². The molecule has 0 saturated heterocycles. The molecule has 0 aliphatic rings. The Kier molecular flexibility index (Phi) is 6.10. The summed E-state index contributed by atoms with van der Waals surface area (Å²) in [6, 6.07) is 11.5. The molecule has 0 fully saturated rings. The minimum absolute atomic E-state index is 0.0909. The highest BCUT2D eigenvalue weighted by atomic mass is 35.5. The number of hydrogen-bond donors (Lipinski definition) is 1. The highest BCUT2D eigenvalue weighted by Crippen LogP contribution is 2.30. The Balaban J connectivity index is 2.16. The number of aliphatic hydroxyl groups excluding tert-OH is 1. The minimum atomic E-state index is -4.48. The van der Waals surface area contributed by atoms with Crippen molar-refractivity contribution in [3.63, 3.8) is 0 Å². The molecule has 152 valence electrons. The number of halogens is 4. The molecule has 0 spiro atoms. The van der Waals surface area contributed by atoms with Crippen molar-refractivity contribution in [1.29, 1.82) is 0 Å². The van der Waals surface area contributed by atoms with Crippen LogP contribution in [-0.4, -0.2) is 21.3 Å². The maximum absolute atomic E-state index is 13.1. The molecular formula is C21H18ClF3N2O2. The average Bonchev–Trinajstić information content (AvgIpc) is 2.67. The fourth-order valence-corrected chi connectivity index (χ4v) is 3.22. The Bertz CT molecular complexity index is 1080. The van der Waals surface area contributed by atoms with Crippen LogP contribution in [0.15, 0.2) is 53.3 Å². The largest absolute Gasteiger partial charge is 0.416 e. The van der Waals surface area contributed by atoms with Crippen molar-refractivity contribution in [2.75, 3.05) is 6.61 Å². The van der Waals surface area contributed by atoms with Gasteiger partial charge in [-0.1, -0.05) is 23.7 Å². The molecule has 0 aliphatic carbocycles. The van der Waals surface area contributed by atoms with Crippen LogP contribution >= 0.6 is 11.6 Å². The molecule has 3 aromatic rings. The monoisotopic (exact) mass is 422 g/mol.